The van der Waals surface area contributed by atoms with E-state index >= 15 is 0 Å². The van der Waals surface area contributed by atoms with Gasteiger partial charge < -0.3 is 5.11 Å². The summed E-state index contributed by atoms with van der Waals surface area (Å²) in [6.45, 7) is 1.95. The summed E-state index contributed by atoms with van der Waals surface area (Å²) in [7, 11) is 0. The van der Waals surface area contributed by atoms with E-state index in [1.807, 2.05) is 43.5 Å². The van der Waals surface area contributed by atoms with Gasteiger partial charge in [0.1, 0.15) is 0 Å². The van der Waals surface area contributed by atoms with Crippen molar-refractivity contribution in [2.45, 2.75) is 44.6 Å². The fourth-order valence-corrected chi connectivity index (χ4v) is 3.26. The number of H-pyrrole nitrogens is 1. The Morgan fingerprint density at radius 2 is 2.08 bits per heavy atom. The van der Waals surface area contributed by atoms with Crippen LogP contribution >= 0.6 is 0 Å². The minimum absolute atomic E-state index is 0.553. The molecule has 0 radical (unpaired) electrons. The number of nitrogens with one attached hydrogen (secondary N) is 1. The molecule has 0 aliphatic heterocycles. The van der Waals surface area contributed by atoms with Crippen molar-refractivity contribution in [1.82, 2.24) is 20.2 Å². The number of aliphatic hydroxyl groups excluding tert-OH is 1. The number of aliphatic hydroxyl groups is 1. The zero-order valence-electron chi connectivity index (χ0n) is 14.3. The molecule has 2 aromatic heterocycles. The standard InChI is InChI=1S/C20H22N4O/c1-13-10-11-21-20(23-13)17-5-3-2-4-16(17)18(25)9-8-15-12-22-24-19(15)14-6-7-14/h2-5,10-12,14,18,25H,6-9H2,1H3,(H,22,24). The lowest BCUT2D eigenvalue weighted by Gasteiger charge is -2.15. The highest BCUT2D eigenvalue weighted by molar-refractivity contribution is 5.60. The molecular formula is C20H22N4O. The van der Waals surface area contributed by atoms with E-state index in [0.29, 0.717) is 18.2 Å². The monoisotopic (exact) mass is 334 g/mol. The van der Waals surface area contributed by atoms with E-state index in [-0.39, 0.29) is 0 Å². The Bertz CT molecular complexity index is 869. The van der Waals surface area contributed by atoms with Gasteiger partial charge in [-0.15, -0.1) is 0 Å². The lowest BCUT2D eigenvalue weighted by atomic mass is 9.96. The largest absolute Gasteiger partial charge is 0.388 e. The van der Waals surface area contributed by atoms with E-state index in [9.17, 15) is 5.11 Å². The van der Waals surface area contributed by atoms with Crippen LogP contribution in [0.25, 0.3) is 11.4 Å². The summed E-state index contributed by atoms with van der Waals surface area (Å²) >= 11 is 0. The summed E-state index contributed by atoms with van der Waals surface area (Å²) in [5.41, 5.74) is 5.17. The van der Waals surface area contributed by atoms with Crippen molar-refractivity contribution >= 4 is 0 Å². The third-order valence-corrected chi connectivity index (χ3v) is 4.78. The van der Waals surface area contributed by atoms with Gasteiger partial charge in [0.2, 0.25) is 0 Å². The molecule has 128 valence electrons. The van der Waals surface area contributed by atoms with Crippen LogP contribution in [0.3, 0.4) is 0 Å². The predicted octanol–water partition coefficient (Wildman–Crippen LogP) is 3.72. The van der Waals surface area contributed by atoms with Gasteiger partial charge in [-0.05, 0) is 49.8 Å². The fraction of sp³-hybridized carbons (Fsp3) is 0.350. The first-order valence-corrected chi connectivity index (χ1v) is 8.81. The molecule has 1 aliphatic rings. The van der Waals surface area contributed by atoms with Crippen LogP contribution in [0.2, 0.25) is 0 Å². The van der Waals surface area contributed by atoms with E-state index in [1.54, 1.807) is 6.20 Å². The van der Waals surface area contributed by atoms with E-state index in [0.717, 1.165) is 23.2 Å². The van der Waals surface area contributed by atoms with Gasteiger partial charge in [-0.1, -0.05) is 24.3 Å². The minimum Gasteiger partial charge on any atom is -0.388 e. The van der Waals surface area contributed by atoms with Gasteiger partial charge in [-0.25, -0.2) is 9.97 Å². The quantitative estimate of drug-likeness (QED) is 0.720. The van der Waals surface area contributed by atoms with Gasteiger partial charge in [0.25, 0.3) is 0 Å². The first-order chi connectivity index (χ1) is 12.2. The van der Waals surface area contributed by atoms with E-state index in [4.69, 9.17) is 0 Å². The Morgan fingerprint density at radius 1 is 1.24 bits per heavy atom. The molecule has 1 fully saturated rings. The first-order valence-electron chi connectivity index (χ1n) is 8.81. The third-order valence-electron chi connectivity index (χ3n) is 4.78. The zero-order valence-corrected chi connectivity index (χ0v) is 14.3. The van der Waals surface area contributed by atoms with Crippen molar-refractivity contribution in [2.75, 3.05) is 0 Å². The molecule has 5 heteroatoms. The second-order valence-corrected chi connectivity index (χ2v) is 6.75. The maximum absolute atomic E-state index is 10.8. The van der Waals surface area contributed by atoms with E-state index in [2.05, 4.69) is 20.2 Å². The number of aryl methyl sites for hydroxylation is 2. The molecule has 3 aromatic rings. The molecule has 2 heterocycles. The van der Waals surface area contributed by atoms with Crippen LogP contribution in [-0.4, -0.2) is 25.3 Å². The highest BCUT2D eigenvalue weighted by atomic mass is 16.3. The lowest BCUT2D eigenvalue weighted by Crippen LogP contribution is -2.04. The summed E-state index contributed by atoms with van der Waals surface area (Å²) in [4.78, 5) is 8.88. The van der Waals surface area contributed by atoms with Crippen LogP contribution in [0.1, 0.15) is 53.8 Å². The first kappa shape index (κ1) is 16.0. The molecule has 1 aromatic carbocycles. The molecule has 1 atom stereocenters. The fourth-order valence-electron chi connectivity index (χ4n) is 3.26. The van der Waals surface area contributed by atoms with Crippen LogP contribution in [0.4, 0.5) is 0 Å². The van der Waals surface area contributed by atoms with Gasteiger partial charge in [0.05, 0.1) is 12.3 Å². The Kier molecular flexibility index (Phi) is 4.32. The van der Waals surface area contributed by atoms with Crippen molar-refractivity contribution in [1.29, 1.82) is 0 Å². The summed E-state index contributed by atoms with van der Waals surface area (Å²) in [5.74, 6) is 1.30. The maximum atomic E-state index is 10.8. The molecule has 1 unspecified atom stereocenters. The van der Waals surface area contributed by atoms with Crippen molar-refractivity contribution in [3.8, 4) is 11.4 Å². The highest BCUT2D eigenvalue weighted by Crippen LogP contribution is 2.41. The summed E-state index contributed by atoms with van der Waals surface area (Å²) < 4.78 is 0. The second-order valence-electron chi connectivity index (χ2n) is 6.75. The molecule has 0 spiro atoms. The molecule has 0 bridgehead atoms. The molecular weight excluding hydrogens is 312 g/mol. The predicted molar refractivity (Wildman–Crippen MR) is 96.0 cm³/mol. The highest BCUT2D eigenvalue weighted by Gasteiger charge is 2.27. The molecule has 5 nitrogen and oxygen atoms in total. The number of hydrogen-bond donors (Lipinski definition) is 2. The molecule has 25 heavy (non-hydrogen) atoms. The Labute approximate surface area is 147 Å². The normalized spacial score (nSPS) is 15.3. The van der Waals surface area contributed by atoms with Gasteiger partial charge in [0, 0.05) is 29.1 Å². The van der Waals surface area contributed by atoms with E-state index < -0.39 is 6.10 Å². The molecule has 0 saturated heterocycles. The number of benzene rings is 1. The van der Waals surface area contributed by atoms with Crippen LogP contribution < -0.4 is 0 Å². The van der Waals surface area contributed by atoms with Crippen molar-refractivity contribution in [2.24, 2.45) is 0 Å². The summed E-state index contributed by atoms with van der Waals surface area (Å²) in [5, 5.41) is 18.1. The van der Waals surface area contributed by atoms with Gasteiger partial charge in [0.15, 0.2) is 5.82 Å². The second kappa shape index (κ2) is 6.76. The Morgan fingerprint density at radius 3 is 2.88 bits per heavy atom. The van der Waals surface area contributed by atoms with Crippen molar-refractivity contribution in [3.63, 3.8) is 0 Å². The third kappa shape index (κ3) is 3.46. The minimum atomic E-state index is -0.553. The number of hydrogen-bond acceptors (Lipinski definition) is 4. The summed E-state index contributed by atoms with van der Waals surface area (Å²) in [6.07, 6.45) is 7.05. The van der Waals surface area contributed by atoms with Gasteiger partial charge in [-0.2, -0.15) is 5.10 Å². The number of rotatable bonds is 6. The molecule has 4 rings (SSSR count). The summed E-state index contributed by atoms with van der Waals surface area (Å²) in [6, 6.07) is 9.72. The van der Waals surface area contributed by atoms with Crippen LogP contribution in [0, 0.1) is 6.92 Å². The molecule has 1 saturated carbocycles. The Hall–Kier alpha value is -2.53. The van der Waals surface area contributed by atoms with E-state index in [1.165, 1.54) is 24.1 Å². The van der Waals surface area contributed by atoms with Gasteiger partial charge >= 0.3 is 0 Å². The number of nitrogens with zero attached hydrogens (tertiary/aromatic N) is 3. The van der Waals surface area contributed by atoms with Crippen LogP contribution in [0.5, 0.6) is 0 Å². The topological polar surface area (TPSA) is 74.7 Å². The average Bonchev–Trinajstić information content (AvgIpc) is 3.37. The van der Waals surface area contributed by atoms with Crippen LogP contribution in [0.15, 0.2) is 42.7 Å². The maximum Gasteiger partial charge on any atom is 0.159 e. The number of aromatic nitrogens is 4. The lowest BCUT2D eigenvalue weighted by molar-refractivity contribution is 0.168. The van der Waals surface area contributed by atoms with Crippen LogP contribution in [-0.2, 0) is 6.42 Å². The molecule has 2 N–H and O–H groups in total. The average molecular weight is 334 g/mol. The van der Waals surface area contributed by atoms with Gasteiger partial charge in [-0.3, -0.25) is 5.10 Å². The Balaban J connectivity index is 1.54. The molecule has 0 amide bonds. The zero-order chi connectivity index (χ0) is 17.2. The smallest absolute Gasteiger partial charge is 0.159 e. The van der Waals surface area contributed by atoms with Crippen molar-refractivity contribution in [3.05, 3.63) is 65.2 Å². The SMILES string of the molecule is Cc1ccnc(-c2ccccc2C(O)CCc2cn[nH]c2C2CC2)n1. The molecule has 1 aliphatic carbocycles. The van der Waals surface area contributed by atoms with Crippen molar-refractivity contribution < 1.29 is 5.11 Å². The number of aromatic amines is 1.